The summed E-state index contributed by atoms with van der Waals surface area (Å²) in [5, 5.41) is 0. The monoisotopic (exact) mass is 287 g/mol. The topological polar surface area (TPSA) is 26.0 Å². The van der Waals surface area contributed by atoms with E-state index in [1.807, 2.05) is 0 Å². The zero-order chi connectivity index (χ0) is 14.0. The Kier molecular flexibility index (Phi) is 22.9. The second kappa shape index (κ2) is 20.9. The summed E-state index contributed by atoms with van der Waals surface area (Å²) in [4.78, 5) is 0. The van der Waals surface area contributed by atoms with Gasteiger partial charge in [0.15, 0.2) is 0 Å². The van der Waals surface area contributed by atoms with Crippen LogP contribution in [0.4, 0.5) is 4.70 Å². The summed E-state index contributed by atoms with van der Waals surface area (Å²) in [6, 6.07) is 0. The second-order valence-electron chi connectivity index (χ2n) is 5.73. The van der Waals surface area contributed by atoms with Gasteiger partial charge in [-0.25, -0.2) is 0 Å². The maximum absolute atomic E-state index is 5.47. The van der Waals surface area contributed by atoms with Crippen molar-refractivity contribution < 1.29 is 4.70 Å². The van der Waals surface area contributed by atoms with Crippen molar-refractivity contribution in [2.45, 2.75) is 96.8 Å². The Balaban J connectivity index is 0. The standard InChI is InChI=1S/C18H37N.FH/c1-2-3-4-5-6-7-8-9-10-11-12-13-14-15-16-17-18-19;/h9-10H,2-8,11-19H2,1H3;1H/b10-9+;. The fourth-order valence-corrected chi connectivity index (χ4v) is 2.39. The predicted octanol–water partition coefficient (Wildman–Crippen LogP) is 6.14. The average molecular weight is 288 g/mol. The molecular formula is C18H38FN. The quantitative estimate of drug-likeness (QED) is 0.284. The van der Waals surface area contributed by atoms with E-state index in [-0.39, 0.29) is 4.70 Å². The van der Waals surface area contributed by atoms with Crippen molar-refractivity contribution in [2.75, 3.05) is 6.54 Å². The fourth-order valence-electron chi connectivity index (χ4n) is 2.39. The first-order valence-corrected chi connectivity index (χ1v) is 8.77. The Bertz CT molecular complexity index is 180. The molecule has 0 aromatic rings. The molecule has 0 aromatic carbocycles. The van der Waals surface area contributed by atoms with Gasteiger partial charge in [0, 0.05) is 0 Å². The van der Waals surface area contributed by atoms with Crippen LogP contribution in [0.25, 0.3) is 0 Å². The third-order valence-corrected chi connectivity index (χ3v) is 3.72. The van der Waals surface area contributed by atoms with E-state index >= 15 is 0 Å². The van der Waals surface area contributed by atoms with Crippen molar-refractivity contribution in [3.63, 3.8) is 0 Å². The smallest absolute Gasteiger partial charge is 0.00773 e. The minimum Gasteiger partial charge on any atom is -0.330 e. The van der Waals surface area contributed by atoms with E-state index in [4.69, 9.17) is 5.73 Å². The molecule has 0 radical (unpaired) electrons. The normalized spacial score (nSPS) is 10.9. The summed E-state index contributed by atoms with van der Waals surface area (Å²) in [6.07, 6.45) is 23.9. The summed E-state index contributed by atoms with van der Waals surface area (Å²) >= 11 is 0. The predicted molar refractivity (Wildman–Crippen MR) is 91.0 cm³/mol. The van der Waals surface area contributed by atoms with Crippen molar-refractivity contribution in [3.8, 4) is 0 Å². The highest BCUT2D eigenvalue weighted by atomic mass is 19.0. The summed E-state index contributed by atoms with van der Waals surface area (Å²) in [5.74, 6) is 0. The third kappa shape index (κ3) is 20.0. The maximum Gasteiger partial charge on any atom is -0.00773 e. The summed E-state index contributed by atoms with van der Waals surface area (Å²) in [7, 11) is 0. The first kappa shape index (κ1) is 21.9. The highest BCUT2D eigenvalue weighted by Gasteiger charge is 1.90. The van der Waals surface area contributed by atoms with E-state index in [1.165, 1.54) is 89.9 Å². The Morgan fingerprint density at radius 1 is 0.600 bits per heavy atom. The molecule has 0 heterocycles. The Labute approximate surface area is 126 Å². The van der Waals surface area contributed by atoms with Gasteiger partial charge in [-0.15, -0.1) is 0 Å². The van der Waals surface area contributed by atoms with E-state index in [9.17, 15) is 0 Å². The number of hydrogen-bond acceptors (Lipinski definition) is 1. The van der Waals surface area contributed by atoms with Gasteiger partial charge in [-0.3, -0.25) is 4.70 Å². The van der Waals surface area contributed by atoms with E-state index in [2.05, 4.69) is 19.1 Å². The van der Waals surface area contributed by atoms with Gasteiger partial charge >= 0.3 is 0 Å². The molecule has 0 aliphatic carbocycles. The van der Waals surface area contributed by atoms with Crippen LogP contribution in [0.1, 0.15) is 96.8 Å². The van der Waals surface area contributed by atoms with Crippen LogP contribution < -0.4 is 5.73 Å². The lowest BCUT2D eigenvalue weighted by Gasteiger charge is -1.99. The lowest BCUT2D eigenvalue weighted by atomic mass is 10.1. The first-order chi connectivity index (χ1) is 9.41. The molecular weight excluding hydrogens is 249 g/mol. The van der Waals surface area contributed by atoms with Gasteiger partial charge in [0.1, 0.15) is 0 Å². The van der Waals surface area contributed by atoms with E-state index in [0.717, 1.165) is 6.54 Å². The molecule has 0 fully saturated rings. The Hall–Kier alpha value is -0.370. The molecule has 0 saturated carbocycles. The lowest BCUT2D eigenvalue weighted by molar-refractivity contribution is 0.599. The molecule has 1 nitrogen and oxygen atoms in total. The number of hydrogen-bond donors (Lipinski definition) is 1. The Morgan fingerprint density at radius 3 is 1.45 bits per heavy atom. The van der Waals surface area contributed by atoms with Gasteiger partial charge in [-0.05, 0) is 38.6 Å². The molecule has 0 unspecified atom stereocenters. The van der Waals surface area contributed by atoms with Crippen molar-refractivity contribution in [1.29, 1.82) is 0 Å². The third-order valence-electron chi connectivity index (χ3n) is 3.72. The number of halogens is 1. The molecule has 0 amide bonds. The molecule has 0 spiro atoms. The van der Waals surface area contributed by atoms with Gasteiger partial charge in [-0.1, -0.05) is 76.9 Å². The second-order valence-corrected chi connectivity index (χ2v) is 5.73. The minimum atomic E-state index is 0. The molecule has 20 heavy (non-hydrogen) atoms. The molecule has 2 heteroatoms. The largest absolute Gasteiger partial charge is 0.330 e. The van der Waals surface area contributed by atoms with Gasteiger partial charge in [0.2, 0.25) is 0 Å². The molecule has 0 aliphatic rings. The molecule has 2 N–H and O–H groups in total. The van der Waals surface area contributed by atoms with Crippen LogP contribution in [0.15, 0.2) is 12.2 Å². The zero-order valence-corrected chi connectivity index (χ0v) is 13.7. The number of nitrogens with two attached hydrogens (primary N) is 1. The SMILES string of the molecule is CCCCCCCC/C=C/CCCCCCCCN.F. The average Bonchev–Trinajstić information content (AvgIpc) is 2.43. The van der Waals surface area contributed by atoms with Crippen LogP contribution in [-0.2, 0) is 0 Å². The van der Waals surface area contributed by atoms with Gasteiger partial charge in [-0.2, -0.15) is 0 Å². The molecule has 0 atom stereocenters. The van der Waals surface area contributed by atoms with Crippen LogP contribution in [0.5, 0.6) is 0 Å². The van der Waals surface area contributed by atoms with Crippen LogP contribution in [-0.4, -0.2) is 6.54 Å². The minimum absolute atomic E-state index is 0. The molecule has 0 aromatic heterocycles. The van der Waals surface area contributed by atoms with Crippen molar-refractivity contribution in [2.24, 2.45) is 5.73 Å². The first-order valence-electron chi connectivity index (χ1n) is 8.77. The van der Waals surface area contributed by atoms with Gasteiger partial charge in [0.25, 0.3) is 0 Å². The highest BCUT2D eigenvalue weighted by Crippen LogP contribution is 2.09. The Morgan fingerprint density at radius 2 is 1.00 bits per heavy atom. The van der Waals surface area contributed by atoms with Crippen LogP contribution >= 0.6 is 0 Å². The highest BCUT2D eigenvalue weighted by molar-refractivity contribution is 4.81. The van der Waals surface area contributed by atoms with Crippen LogP contribution in [0.3, 0.4) is 0 Å². The molecule has 0 saturated heterocycles. The van der Waals surface area contributed by atoms with E-state index < -0.39 is 0 Å². The number of allylic oxidation sites excluding steroid dienone is 2. The summed E-state index contributed by atoms with van der Waals surface area (Å²) in [5.41, 5.74) is 5.47. The van der Waals surface area contributed by atoms with Crippen LogP contribution in [0, 0.1) is 0 Å². The molecule has 0 bridgehead atoms. The lowest BCUT2D eigenvalue weighted by Crippen LogP contribution is -1.97. The summed E-state index contributed by atoms with van der Waals surface area (Å²) in [6.45, 7) is 3.14. The number of unbranched alkanes of at least 4 members (excludes halogenated alkanes) is 12. The molecule has 0 aliphatic heterocycles. The molecule has 122 valence electrons. The maximum atomic E-state index is 5.47. The van der Waals surface area contributed by atoms with Crippen molar-refractivity contribution >= 4 is 0 Å². The van der Waals surface area contributed by atoms with Gasteiger partial charge in [0.05, 0.1) is 0 Å². The van der Waals surface area contributed by atoms with E-state index in [1.54, 1.807) is 0 Å². The van der Waals surface area contributed by atoms with Crippen molar-refractivity contribution in [1.82, 2.24) is 0 Å². The fraction of sp³-hybridized carbons (Fsp3) is 0.889. The van der Waals surface area contributed by atoms with Crippen LogP contribution in [0.2, 0.25) is 0 Å². The van der Waals surface area contributed by atoms with Crippen molar-refractivity contribution in [3.05, 3.63) is 12.2 Å². The molecule has 0 rings (SSSR count). The summed E-state index contributed by atoms with van der Waals surface area (Å²) < 4.78 is 0. The number of rotatable bonds is 15. The van der Waals surface area contributed by atoms with Gasteiger partial charge < -0.3 is 5.73 Å². The van der Waals surface area contributed by atoms with E-state index in [0.29, 0.717) is 0 Å². The zero-order valence-electron chi connectivity index (χ0n) is 13.7.